The molecule has 0 fully saturated rings. The van der Waals surface area contributed by atoms with Crippen molar-refractivity contribution in [2.75, 3.05) is 0 Å². The van der Waals surface area contributed by atoms with Gasteiger partial charge in [0.1, 0.15) is 0 Å². The molecule has 0 aliphatic rings. The number of nitrogens with zero attached hydrogens (tertiary/aromatic N) is 1. The van der Waals surface area contributed by atoms with Crippen molar-refractivity contribution in [1.29, 1.82) is 0 Å². The second-order valence-corrected chi connectivity index (χ2v) is 4.03. The van der Waals surface area contributed by atoms with Crippen molar-refractivity contribution in [2.24, 2.45) is 0 Å². The zero-order valence-electron chi connectivity index (χ0n) is 9.59. The molecule has 86 valence electrons. The number of non-ortho nitro benzene ring substituents is 1. The van der Waals surface area contributed by atoms with Crippen molar-refractivity contribution in [2.45, 2.75) is 13.3 Å². The molecule has 0 saturated heterocycles. The summed E-state index contributed by atoms with van der Waals surface area (Å²) in [5.74, 6) is 0. The van der Waals surface area contributed by atoms with E-state index in [0.29, 0.717) is 0 Å². The Morgan fingerprint density at radius 3 is 2.41 bits per heavy atom. The lowest BCUT2D eigenvalue weighted by Crippen LogP contribution is -1.94. The minimum atomic E-state index is -0.362. The van der Waals surface area contributed by atoms with Gasteiger partial charge in [0, 0.05) is 12.1 Å². The van der Waals surface area contributed by atoms with Gasteiger partial charge in [0.05, 0.1) is 4.92 Å². The molecule has 3 nitrogen and oxygen atoms in total. The highest BCUT2D eigenvalue weighted by Crippen LogP contribution is 2.19. The average molecular weight is 227 g/mol. The second kappa shape index (κ2) is 4.78. The number of hydrogen-bond donors (Lipinski definition) is 0. The lowest BCUT2D eigenvalue weighted by Gasteiger charge is -2.05. The Kier molecular flexibility index (Phi) is 3.19. The lowest BCUT2D eigenvalue weighted by atomic mass is 10.0. The van der Waals surface area contributed by atoms with Crippen LogP contribution in [-0.4, -0.2) is 4.92 Å². The summed E-state index contributed by atoms with van der Waals surface area (Å²) in [7, 11) is 0. The molecular formula is C14H13NO2. The van der Waals surface area contributed by atoms with Crippen molar-refractivity contribution in [3.8, 4) is 0 Å². The fourth-order valence-corrected chi connectivity index (χ4v) is 1.81. The minimum absolute atomic E-state index is 0.152. The second-order valence-electron chi connectivity index (χ2n) is 4.03. The van der Waals surface area contributed by atoms with E-state index in [4.69, 9.17) is 0 Å². The predicted molar refractivity (Wildman–Crippen MR) is 67.1 cm³/mol. The van der Waals surface area contributed by atoms with Crippen molar-refractivity contribution in [3.63, 3.8) is 0 Å². The number of nitro groups is 1. The molecule has 2 aromatic rings. The van der Waals surface area contributed by atoms with Crippen LogP contribution in [0.3, 0.4) is 0 Å². The molecule has 17 heavy (non-hydrogen) atoms. The van der Waals surface area contributed by atoms with Gasteiger partial charge in [-0.1, -0.05) is 36.4 Å². The summed E-state index contributed by atoms with van der Waals surface area (Å²) in [4.78, 5) is 10.3. The van der Waals surface area contributed by atoms with E-state index in [1.54, 1.807) is 12.1 Å². The van der Waals surface area contributed by atoms with E-state index >= 15 is 0 Å². The zero-order valence-corrected chi connectivity index (χ0v) is 9.59. The standard InChI is InChI=1S/C14H13NO2/c1-11-9-14(15(16)17)8-7-13(11)10-12-5-3-2-4-6-12/h2-9H,10H2,1H3. The molecule has 0 amide bonds. The van der Waals surface area contributed by atoms with Gasteiger partial charge in [0.2, 0.25) is 0 Å². The summed E-state index contributed by atoms with van der Waals surface area (Å²) >= 11 is 0. The van der Waals surface area contributed by atoms with Crippen LogP contribution in [0.2, 0.25) is 0 Å². The van der Waals surface area contributed by atoms with E-state index < -0.39 is 0 Å². The Labute approximate surface area is 99.9 Å². The molecule has 2 rings (SSSR count). The van der Waals surface area contributed by atoms with E-state index in [-0.39, 0.29) is 10.6 Å². The van der Waals surface area contributed by atoms with E-state index in [1.807, 2.05) is 31.2 Å². The van der Waals surface area contributed by atoms with E-state index in [2.05, 4.69) is 12.1 Å². The number of benzene rings is 2. The van der Waals surface area contributed by atoms with Gasteiger partial charge in [0.15, 0.2) is 0 Å². The summed E-state index contributed by atoms with van der Waals surface area (Å²) in [6, 6.07) is 15.1. The molecule has 0 unspecified atom stereocenters. The Bertz CT molecular complexity index is 535. The summed E-state index contributed by atoms with van der Waals surface area (Å²) < 4.78 is 0. The molecule has 0 radical (unpaired) electrons. The highest BCUT2D eigenvalue weighted by Gasteiger charge is 2.08. The van der Waals surface area contributed by atoms with Gasteiger partial charge < -0.3 is 0 Å². The zero-order chi connectivity index (χ0) is 12.3. The summed E-state index contributed by atoms with van der Waals surface area (Å²) in [6.07, 6.45) is 0.810. The van der Waals surface area contributed by atoms with E-state index in [9.17, 15) is 10.1 Å². The van der Waals surface area contributed by atoms with Crippen molar-refractivity contribution in [1.82, 2.24) is 0 Å². The van der Waals surface area contributed by atoms with Crippen molar-refractivity contribution >= 4 is 5.69 Å². The van der Waals surface area contributed by atoms with Crippen LogP contribution < -0.4 is 0 Å². The smallest absolute Gasteiger partial charge is 0.258 e. The van der Waals surface area contributed by atoms with Gasteiger partial charge in [-0.25, -0.2) is 0 Å². The number of hydrogen-bond acceptors (Lipinski definition) is 2. The van der Waals surface area contributed by atoms with Crippen LogP contribution in [0.25, 0.3) is 0 Å². The van der Waals surface area contributed by atoms with Crippen LogP contribution in [0.15, 0.2) is 48.5 Å². The normalized spacial score (nSPS) is 10.2. The van der Waals surface area contributed by atoms with E-state index in [0.717, 1.165) is 17.5 Å². The van der Waals surface area contributed by atoms with Gasteiger partial charge in [-0.15, -0.1) is 0 Å². The lowest BCUT2D eigenvalue weighted by molar-refractivity contribution is -0.384. The van der Waals surface area contributed by atoms with E-state index in [1.165, 1.54) is 5.56 Å². The van der Waals surface area contributed by atoms with Crippen LogP contribution in [-0.2, 0) is 6.42 Å². The topological polar surface area (TPSA) is 43.1 Å². The molecule has 0 N–H and O–H groups in total. The molecule has 0 saturated carbocycles. The maximum Gasteiger partial charge on any atom is 0.269 e. The highest BCUT2D eigenvalue weighted by atomic mass is 16.6. The Hall–Kier alpha value is -2.16. The van der Waals surface area contributed by atoms with Gasteiger partial charge in [-0.05, 0) is 30.0 Å². The molecule has 3 heteroatoms. The number of aryl methyl sites for hydroxylation is 1. The first-order valence-electron chi connectivity index (χ1n) is 5.44. The fourth-order valence-electron chi connectivity index (χ4n) is 1.81. The third-order valence-electron chi connectivity index (χ3n) is 2.77. The van der Waals surface area contributed by atoms with Crippen LogP contribution in [0.5, 0.6) is 0 Å². The van der Waals surface area contributed by atoms with Crippen LogP contribution >= 0.6 is 0 Å². The van der Waals surface area contributed by atoms with Gasteiger partial charge >= 0.3 is 0 Å². The van der Waals surface area contributed by atoms with Gasteiger partial charge in [0.25, 0.3) is 5.69 Å². The number of rotatable bonds is 3. The largest absolute Gasteiger partial charge is 0.269 e. The molecule has 0 spiro atoms. The van der Waals surface area contributed by atoms with Crippen LogP contribution in [0, 0.1) is 17.0 Å². The predicted octanol–water partition coefficient (Wildman–Crippen LogP) is 3.49. The Morgan fingerprint density at radius 2 is 1.82 bits per heavy atom. The summed E-state index contributed by atoms with van der Waals surface area (Å²) in [6.45, 7) is 1.91. The molecular weight excluding hydrogens is 214 g/mol. The molecule has 0 aromatic heterocycles. The minimum Gasteiger partial charge on any atom is -0.258 e. The molecule has 0 aliphatic heterocycles. The van der Waals surface area contributed by atoms with Crippen LogP contribution in [0.4, 0.5) is 5.69 Å². The Balaban J connectivity index is 2.26. The highest BCUT2D eigenvalue weighted by molar-refractivity contribution is 5.41. The maximum atomic E-state index is 10.6. The third kappa shape index (κ3) is 2.69. The summed E-state index contributed by atoms with van der Waals surface area (Å²) in [5.41, 5.74) is 3.45. The first-order chi connectivity index (χ1) is 8.16. The van der Waals surface area contributed by atoms with Crippen molar-refractivity contribution < 1.29 is 4.92 Å². The first kappa shape index (κ1) is 11.3. The van der Waals surface area contributed by atoms with Crippen LogP contribution in [0.1, 0.15) is 16.7 Å². The molecule has 0 bridgehead atoms. The maximum absolute atomic E-state index is 10.6. The molecule has 0 aliphatic carbocycles. The number of nitro benzene ring substituents is 1. The fraction of sp³-hybridized carbons (Fsp3) is 0.143. The van der Waals surface area contributed by atoms with Gasteiger partial charge in [-0.2, -0.15) is 0 Å². The quantitative estimate of drug-likeness (QED) is 0.595. The van der Waals surface area contributed by atoms with Crippen molar-refractivity contribution in [3.05, 3.63) is 75.3 Å². The van der Waals surface area contributed by atoms with Gasteiger partial charge in [-0.3, -0.25) is 10.1 Å². The average Bonchev–Trinajstić information content (AvgIpc) is 2.33. The summed E-state index contributed by atoms with van der Waals surface area (Å²) in [5, 5.41) is 10.6. The monoisotopic (exact) mass is 227 g/mol. The molecule has 2 aromatic carbocycles. The molecule has 0 atom stereocenters. The Morgan fingerprint density at radius 1 is 1.12 bits per heavy atom. The molecule has 0 heterocycles. The third-order valence-corrected chi connectivity index (χ3v) is 2.77. The SMILES string of the molecule is Cc1cc([N+](=O)[O-])ccc1Cc1ccccc1. The first-order valence-corrected chi connectivity index (χ1v) is 5.44.